The van der Waals surface area contributed by atoms with Gasteiger partial charge in [-0.15, -0.1) is 17.9 Å². The zero-order valence-electron chi connectivity index (χ0n) is 13.8. The molecule has 1 atom stereocenters. The highest BCUT2D eigenvalue weighted by atomic mass is 32.1. The number of nitro groups is 1. The monoisotopic (exact) mass is 376 g/mol. The standard InChI is InChI=1S/C16H16N4O5S/c1-3-8-17-16-19-12(9-26-16)15(22)25-10(2)14(21)18-11-6-4-5-7-13(11)20(23)24/h3-7,9-10H,1,8H2,2H3,(H,17,19)(H,18,21)/t10-/m0/s1. The Morgan fingerprint density at radius 1 is 1.46 bits per heavy atom. The van der Waals surface area contributed by atoms with Gasteiger partial charge in [0.05, 0.1) is 4.92 Å². The molecule has 2 aromatic rings. The third-order valence-corrected chi connectivity index (χ3v) is 3.92. The molecule has 0 radical (unpaired) electrons. The Morgan fingerprint density at radius 3 is 2.88 bits per heavy atom. The summed E-state index contributed by atoms with van der Waals surface area (Å²) in [7, 11) is 0. The maximum absolute atomic E-state index is 12.1. The zero-order chi connectivity index (χ0) is 19.1. The molecule has 2 rings (SSSR count). The van der Waals surface area contributed by atoms with Crippen molar-refractivity contribution in [1.29, 1.82) is 0 Å². The number of benzene rings is 1. The molecule has 26 heavy (non-hydrogen) atoms. The number of nitrogens with zero attached hydrogens (tertiary/aromatic N) is 2. The van der Waals surface area contributed by atoms with Gasteiger partial charge in [-0.25, -0.2) is 9.78 Å². The van der Waals surface area contributed by atoms with E-state index in [2.05, 4.69) is 22.2 Å². The van der Waals surface area contributed by atoms with E-state index in [9.17, 15) is 19.7 Å². The van der Waals surface area contributed by atoms with Crippen LogP contribution in [0.3, 0.4) is 0 Å². The molecule has 0 saturated carbocycles. The average Bonchev–Trinajstić information content (AvgIpc) is 3.09. The van der Waals surface area contributed by atoms with Gasteiger partial charge in [0.2, 0.25) is 0 Å². The van der Waals surface area contributed by atoms with Crippen molar-refractivity contribution in [3.05, 3.63) is 58.1 Å². The topological polar surface area (TPSA) is 123 Å². The van der Waals surface area contributed by atoms with Gasteiger partial charge in [-0.3, -0.25) is 14.9 Å². The third kappa shape index (κ3) is 4.86. The molecule has 9 nitrogen and oxygen atoms in total. The fourth-order valence-corrected chi connectivity index (χ4v) is 2.55. The highest BCUT2D eigenvalue weighted by molar-refractivity contribution is 7.13. The van der Waals surface area contributed by atoms with Gasteiger partial charge < -0.3 is 15.4 Å². The second-order valence-corrected chi connectivity index (χ2v) is 5.88. The van der Waals surface area contributed by atoms with E-state index < -0.39 is 22.9 Å². The number of hydrogen-bond donors (Lipinski definition) is 2. The van der Waals surface area contributed by atoms with Crippen molar-refractivity contribution >= 4 is 39.7 Å². The quantitative estimate of drug-likeness (QED) is 0.314. The predicted octanol–water partition coefficient (Wildman–Crippen LogP) is 2.83. The van der Waals surface area contributed by atoms with Crippen LogP contribution in [-0.4, -0.2) is 34.4 Å². The van der Waals surface area contributed by atoms with Crippen LogP contribution in [0.25, 0.3) is 0 Å². The van der Waals surface area contributed by atoms with Crippen LogP contribution in [0.15, 0.2) is 42.3 Å². The number of esters is 1. The molecular formula is C16H16N4O5S. The number of carbonyl (C=O) groups is 2. The van der Waals surface area contributed by atoms with Crippen molar-refractivity contribution in [2.45, 2.75) is 13.0 Å². The van der Waals surface area contributed by atoms with Gasteiger partial charge in [-0.2, -0.15) is 0 Å². The van der Waals surface area contributed by atoms with Gasteiger partial charge in [0, 0.05) is 18.0 Å². The first-order valence-electron chi connectivity index (χ1n) is 7.48. The Kier molecular flexibility index (Phi) is 6.39. The minimum Gasteiger partial charge on any atom is -0.448 e. The number of ether oxygens (including phenoxy) is 1. The van der Waals surface area contributed by atoms with E-state index in [4.69, 9.17) is 4.74 Å². The highest BCUT2D eigenvalue weighted by Gasteiger charge is 2.23. The molecule has 1 amide bonds. The normalized spacial score (nSPS) is 11.3. The van der Waals surface area contributed by atoms with Crippen LogP contribution in [0, 0.1) is 10.1 Å². The van der Waals surface area contributed by atoms with E-state index in [1.54, 1.807) is 12.1 Å². The minimum atomic E-state index is -1.16. The number of rotatable bonds is 8. The Morgan fingerprint density at radius 2 is 2.19 bits per heavy atom. The summed E-state index contributed by atoms with van der Waals surface area (Å²) < 4.78 is 5.06. The SMILES string of the molecule is C=CCNc1nc(C(=O)O[C@@H](C)C(=O)Nc2ccccc2[N+](=O)[O-])cs1. The minimum absolute atomic E-state index is 0.0231. The molecule has 2 N–H and O–H groups in total. The summed E-state index contributed by atoms with van der Waals surface area (Å²) in [5.74, 6) is -1.45. The van der Waals surface area contributed by atoms with Crippen molar-refractivity contribution in [2.24, 2.45) is 0 Å². The zero-order valence-corrected chi connectivity index (χ0v) is 14.6. The summed E-state index contributed by atoms with van der Waals surface area (Å²) >= 11 is 1.21. The van der Waals surface area contributed by atoms with Crippen molar-refractivity contribution < 1.29 is 19.2 Å². The summed E-state index contributed by atoms with van der Waals surface area (Å²) in [6.45, 7) is 5.43. The molecule has 0 spiro atoms. The molecule has 0 bridgehead atoms. The largest absolute Gasteiger partial charge is 0.448 e. The first-order chi connectivity index (χ1) is 12.4. The van der Waals surface area contributed by atoms with Crippen molar-refractivity contribution in [2.75, 3.05) is 17.2 Å². The lowest BCUT2D eigenvalue weighted by molar-refractivity contribution is -0.383. The van der Waals surface area contributed by atoms with Crippen LogP contribution >= 0.6 is 11.3 Å². The molecule has 0 aliphatic carbocycles. The summed E-state index contributed by atoms with van der Waals surface area (Å²) in [6, 6.07) is 5.69. The Bertz CT molecular complexity index is 836. The van der Waals surface area contributed by atoms with E-state index in [0.29, 0.717) is 11.7 Å². The molecule has 0 aliphatic rings. The molecule has 0 aliphatic heterocycles. The van der Waals surface area contributed by atoms with Gasteiger partial charge >= 0.3 is 5.97 Å². The van der Waals surface area contributed by atoms with Crippen molar-refractivity contribution in [3.8, 4) is 0 Å². The number of nitrogens with one attached hydrogen (secondary N) is 2. The van der Waals surface area contributed by atoms with E-state index in [0.717, 1.165) is 0 Å². The number of para-hydroxylation sites is 2. The molecule has 1 aromatic heterocycles. The van der Waals surface area contributed by atoms with Crippen LogP contribution < -0.4 is 10.6 Å². The van der Waals surface area contributed by atoms with Gasteiger partial charge in [0.1, 0.15) is 5.69 Å². The average molecular weight is 376 g/mol. The molecule has 0 fully saturated rings. The Labute approximate surface area is 152 Å². The fraction of sp³-hybridized carbons (Fsp3) is 0.188. The summed E-state index contributed by atoms with van der Waals surface area (Å²) in [5, 5.41) is 18.3. The van der Waals surface area contributed by atoms with Crippen LogP contribution in [0.5, 0.6) is 0 Å². The number of hydrogen-bond acceptors (Lipinski definition) is 8. The molecular weight excluding hydrogens is 360 g/mol. The van der Waals surface area contributed by atoms with Crippen LogP contribution in [0.4, 0.5) is 16.5 Å². The molecule has 1 aromatic carbocycles. The van der Waals surface area contributed by atoms with Crippen molar-refractivity contribution in [3.63, 3.8) is 0 Å². The van der Waals surface area contributed by atoms with Gasteiger partial charge in [-0.05, 0) is 13.0 Å². The van der Waals surface area contributed by atoms with Crippen molar-refractivity contribution in [1.82, 2.24) is 4.98 Å². The van der Waals surface area contributed by atoms with Crippen LogP contribution in [0.2, 0.25) is 0 Å². The summed E-state index contributed by atoms with van der Waals surface area (Å²) in [6.07, 6.45) is 0.489. The Hall–Kier alpha value is -3.27. The summed E-state index contributed by atoms with van der Waals surface area (Å²) in [4.78, 5) is 38.6. The maximum Gasteiger partial charge on any atom is 0.358 e. The predicted molar refractivity (Wildman–Crippen MR) is 97.4 cm³/mol. The number of carbonyl (C=O) groups excluding carboxylic acids is 2. The van der Waals surface area contributed by atoms with Crippen LogP contribution in [0.1, 0.15) is 17.4 Å². The highest BCUT2D eigenvalue weighted by Crippen LogP contribution is 2.23. The molecule has 0 unspecified atom stereocenters. The number of anilines is 2. The summed E-state index contributed by atoms with van der Waals surface area (Å²) in [5.41, 5.74) is -0.168. The van der Waals surface area contributed by atoms with E-state index in [1.165, 1.54) is 41.8 Å². The molecule has 1 heterocycles. The van der Waals surface area contributed by atoms with Crippen LogP contribution in [-0.2, 0) is 9.53 Å². The lowest BCUT2D eigenvalue weighted by Gasteiger charge is -2.12. The number of thiazole rings is 1. The second kappa shape index (κ2) is 8.72. The van der Waals surface area contributed by atoms with Gasteiger partial charge in [0.15, 0.2) is 16.9 Å². The maximum atomic E-state index is 12.1. The smallest absolute Gasteiger partial charge is 0.358 e. The molecule has 136 valence electrons. The lowest BCUT2D eigenvalue weighted by Crippen LogP contribution is -2.30. The van der Waals surface area contributed by atoms with E-state index >= 15 is 0 Å². The third-order valence-electron chi connectivity index (χ3n) is 3.12. The number of nitro benzene ring substituents is 1. The fourth-order valence-electron chi connectivity index (χ4n) is 1.86. The number of aromatic nitrogens is 1. The van der Waals surface area contributed by atoms with E-state index in [1.807, 2.05) is 0 Å². The first kappa shape index (κ1) is 19.1. The Balaban J connectivity index is 1.98. The van der Waals surface area contributed by atoms with Gasteiger partial charge in [-0.1, -0.05) is 18.2 Å². The first-order valence-corrected chi connectivity index (χ1v) is 8.36. The molecule has 0 saturated heterocycles. The second-order valence-electron chi connectivity index (χ2n) is 5.02. The molecule has 10 heteroatoms. The van der Waals surface area contributed by atoms with E-state index in [-0.39, 0.29) is 17.1 Å². The lowest BCUT2D eigenvalue weighted by atomic mass is 10.2. The van der Waals surface area contributed by atoms with Gasteiger partial charge in [0.25, 0.3) is 11.6 Å². The number of amides is 1.